The van der Waals surface area contributed by atoms with E-state index in [1.165, 1.54) is 44.9 Å². The number of nitrogens with one attached hydrogen (secondary N) is 1. The maximum Gasteiger partial charge on any atom is 0.228 e. The van der Waals surface area contributed by atoms with Gasteiger partial charge in [0, 0.05) is 18.4 Å². The van der Waals surface area contributed by atoms with E-state index >= 15 is 0 Å². The maximum absolute atomic E-state index is 5.46. The van der Waals surface area contributed by atoms with Gasteiger partial charge in [-0.1, -0.05) is 24.9 Å². The first-order valence-corrected chi connectivity index (χ1v) is 7.92. The average molecular weight is 263 g/mol. The Labute approximate surface area is 115 Å². The normalized spacial score (nSPS) is 21.9. The highest BCUT2D eigenvalue weighted by Crippen LogP contribution is 2.35. The van der Waals surface area contributed by atoms with E-state index < -0.39 is 0 Å². The first kappa shape index (κ1) is 13.1. The van der Waals surface area contributed by atoms with Gasteiger partial charge in [-0.15, -0.1) is 0 Å². The molecule has 19 heavy (non-hydrogen) atoms. The first-order chi connectivity index (χ1) is 9.36. The summed E-state index contributed by atoms with van der Waals surface area (Å²) in [5.74, 6) is 3.17. The lowest BCUT2D eigenvalue weighted by molar-refractivity contribution is 0.341. The minimum atomic E-state index is 0.539. The number of hydrogen-bond donors (Lipinski definition) is 1. The second-order valence-electron chi connectivity index (χ2n) is 6.13. The van der Waals surface area contributed by atoms with E-state index in [0.29, 0.717) is 12.0 Å². The molecule has 2 saturated carbocycles. The van der Waals surface area contributed by atoms with Crippen molar-refractivity contribution in [1.29, 1.82) is 0 Å². The molecule has 1 atom stereocenters. The van der Waals surface area contributed by atoms with Gasteiger partial charge >= 0.3 is 0 Å². The van der Waals surface area contributed by atoms with Gasteiger partial charge in [0.25, 0.3) is 0 Å². The average Bonchev–Trinajstić information content (AvgIpc) is 2.93. The molecule has 0 spiro atoms. The van der Waals surface area contributed by atoms with Gasteiger partial charge in [0.2, 0.25) is 5.89 Å². The number of aromatic nitrogens is 2. The molecule has 4 heteroatoms. The second kappa shape index (κ2) is 6.04. The molecule has 0 amide bonds. The Bertz CT molecular complexity index is 394. The highest BCUT2D eigenvalue weighted by atomic mass is 16.5. The molecular weight excluding hydrogens is 238 g/mol. The summed E-state index contributed by atoms with van der Waals surface area (Å²) in [5.41, 5.74) is 0. The molecule has 0 aromatic carbocycles. The zero-order valence-electron chi connectivity index (χ0n) is 11.9. The predicted molar refractivity (Wildman–Crippen MR) is 74.0 cm³/mol. The summed E-state index contributed by atoms with van der Waals surface area (Å²) in [6, 6.07) is 0.539. The number of hydrogen-bond acceptors (Lipinski definition) is 4. The summed E-state index contributed by atoms with van der Waals surface area (Å²) in [7, 11) is 0. The van der Waals surface area contributed by atoms with Crippen molar-refractivity contribution < 1.29 is 4.52 Å². The highest BCUT2D eigenvalue weighted by molar-refractivity contribution is 5.00. The third kappa shape index (κ3) is 3.35. The molecule has 1 heterocycles. The SMILES string of the molecule is CCCNC(Cc1nc(C2CCCC2)no1)C1CC1. The Hall–Kier alpha value is -0.900. The van der Waals surface area contributed by atoms with Crippen molar-refractivity contribution in [2.45, 2.75) is 70.3 Å². The van der Waals surface area contributed by atoms with Gasteiger partial charge in [0.15, 0.2) is 5.82 Å². The Morgan fingerprint density at radius 1 is 1.26 bits per heavy atom. The van der Waals surface area contributed by atoms with Gasteiger partial charge in [-0.3, -0.25) is 0 Å². The van der Waals surface area contributed by atoms with Crippen molar-refractivity contribution in [3.05, 3.63) is 11.7 Å². The lowest BCUT2D eigenvalue weighted by Crippen LogP contribution is -2.33. The van der Waals surface area contributed by atoms with Crippen LogP contribution in [0.1, 0.15) is 69.5 Å². The van der Waals surface area contributed by atoms with E-state index in [0.717, 1.165) is 30.6 Å². The number of nitrogens with zero attached hydrogens (tertiary/aromatic N) is 2. The van der Waals surface area contributed by atoms with Gasteiger partial charge in [0.1, 0.15) is 0 Å². The van der Waals surface area contributed by atoms with Crippen molar-refractivity contribution in [2.24, 2.45) is 5.92 Å². The quantitative estimate of drug-likeness (QED) is 0.821. The van der Waals surface area contributed by atoms with Crippen LogP contribution >= 0.6 is 0 Å². The van der Waals surface area contributed by atoms with Crippen LogP contribution in [0, 0.1) is 5.92 Å². The van der Waals surface area contributed by atoms with Crippen LogP contribution in [0.3, 0.4) is 0 Å². The zero-order chi connectivity index (χ0) is 13.1. The molecular formula is C15H25N3O. The third-order valence-corrected chi connectivity index (χ3v) is 4.45. The van der Waals surface area contributed by atoms with Gasteiger partial charge < -0.3 is 9.84 Å². The Kier molecular flexibility index (Phi) is 4.16. The van der Waals surface area contributed by atoms with Crippen LogP contribution in [0.25, 0.3) is 0 Å². The van der Waals surface area contributed by atoms with E-state index in [1.54, 1.807) is 0 Å². The lowest BCUT2D eigenvalue weighted by atomic mass is 10.1. The van der Waals surface area contributed by atoms with Crippen molar-refractivity contribution in [3.8, 4) is 0 Å². The fraction of sp³-hybridized carbons (Fsp3) is 0.867. The summed E-state index contributed by atoms with van der Waals surface area (Å²) in [6.07, 6.45) is 9.90. The van der Waals surface area contributed by atoms with Gasteiger partial charge in [-0.2, -0.15) is 4.98 Å². The molecule has 1 aromatic rings. The van der Waals surface area contributed by atoms with Crippen LogP contribution in [0.15, 0.2) is 4.52 Å². The molecule has 4 nitrogen and oxygen atoms in total. The third-order valence-electron chi connectivity index (χ3n) is 4.45. The first-order valence-electron chi connectivity index (χ1n) is 7.92. The minimum absolute atomic E-state index is 0.539. The molecule has 1 unspecified atom stereocenters. The fourth-order valence-corrected chi connectivity index (χ4v) is 3.12. The molecule has 106 valence electrons. The maximum atomic E-state index is 5.46. The Morgan fingerprint density at radius 2 is 2.05 bits per heavy atom. The molecule has 0 radical (unpaired) electrons. The molecule has 2 fully saturated rings. The molecule has 0 aliphatic heterocycles. The molecule has 0 saturated heterocycles. The smallest absolute Gasteiger partial charge is 0.228 e. The second-order valence-corrected chi connectivity index (χ2v) is 6.13. The van der Waals surface area contributed by atoms with E-state index in [-0.39, 0.29) is 0 Å². The molecule has 3 rings (SSSR count). The fourth-order valence-electron chi connectivity index (χ4n) is 3.12. The topological polar surface area (TPSA) is 51.0 Å². The summed E-state index contributed by atoms with van der Waals surface area (Å²) in [5, 5.41) is 7.83. The molecule has 2 aliphatic carbocycles. The van der Waals surface area contributed by atoms with Crippen LogP contribution in [-0.4, -0.2) is 22.7 Å². The number of rotatable bonds is 7. The largest absolute Gasteiger partial charge is 0.339 e. The highest BCUT2D eigenvalue weighted by Gasteiger charge is 2.32. The van der Waals surface area contributed by atoms with Crippen molar-refractivity contribution >= 4 is 0 Å². The Morgan fingerprint density at radius 3 is 2.74 bits per heavy atom. The predicted octanol–water partition coefficient (Wildman–Crippen LogP) is 3.05. The van der Waals surface area contributed by atoms with E-state index in [4.69, 9.17) is 4.52 Å². The Balaban J connectivity index is 1.58. The van der Waals surface area contributed by atoms with Gasteiger partial charge in [0.05, 0.1) is 0 Å². The summed E-state index contributed by atoms with van der Waals surface area (Å²) < 4.78 is 5.46. The van der Waals surface area contributed by atoms with Crippen LogP contribution < -0.4 is 5.32 Å². The van der Waals surface area contributed by atoms with Crippen LogP contribution in [0.5, 0.6) is 0 Å². The van der Waals surface area contributed by atoms with Crippen molar-refractivity contribution in [1.82, 2.24) is 15.5 Å². The van der Waals surface area contributed by atoms with Crippen LogP contribution in [0.4, 0.5) is 0 Å². The molecule has 1 aromatic heterocycles. The molecule has 0 bridgehead atoms. The summed E-state index contributed by atoms with van der Waals surface area (Å²) in [6.45, 7) is 3.30. The van der Waals surface area contributed by atoms with Crippen molar-refractivity contribution in [2.75, 3.05) is 6.54 Å². The van der Waals surface area contributed by atoms with E-state index in [1.807, 2.05) is 0 Å². The monoisotopic (exact) mass is 263 g/mol. The van der Waals surface area contributed by atoms with E-state index in [2.05, 4.69) is 22.4 Å². The molecule has 1 N–H and O–H groups in total. The zero-order valence-corrected chi connectivity index (χ0v) is 11.9. The van der Waals surface area contributed by atoms with Crippen LogP contribution in [-0.2, 0) is 6.42 Å². The summed E-state index contributed by atoms with van der Waals surface area (Å²) >= 11 is 0. The van der Waals surface area contributed by atoms with Gasteiger partial charge in [-0.05, 0) is 44.6 Å². The van der Waals surface area contributed by atoms with Crippen molar-refractivity contribution in [3.63, 3.8) is 0 Å². The summed E-state index contributed by atoms with van der Waals surface area (Å²) in [4.78, 5) is 4.63. The van der Waals surface area contributed by atoms with E-state index in [9.17, 15) is 0 Å². The molecule has 2 aliphatic rings. The minimum Gasteiger partial charge on any atom is -0.339 e. The lowest BCUT2D eigenvalue weighted by Gasteiger charge is -2.15. The van der Waals surface area contributed by atoms with Gasteiger partial charge in [-0.25, -0.2) is 0 Å². The standard InChI is InChI=1S/C15H25N3O/c1-2-9-16-13(11-7-8-11)10-14-17-15(18-19-14)12-5-3-4-6-12/h11-13,16H,2-10H2,1H3. The van der Waals surface area contributed by atoms with Crippen LogP contribution in [0.2, 0.25) is 0 Å².